The molecule has 0 N–H and O–H groups in total. The fourth-order valence-corrected chi connectivity index (χ4v) is 2.65. The van der Waals surface area contributed by atoms with E-state index in [0.29, 0.717) is 24.4 Å². The molecule has 1 aromatic carbocycles. The van der Waals surface area contributed by atoms with Crippen LogP contribution in [-0.2, 0) is 14.4 Å². The summed E-state index contributed by atoms with van der Waals surface area (Å²) in [7, 11) is 1.60. The molecule has 0 spiro atoms. The smallest absolute Gasteiger partial charge is 0.345 e. The largest absolute Gasteiger partial charge is 0.345 e. The number of likely N-dealkylation sites (tertiary alicyclic amines) is 1. The lowest BCUT2D eigenvalue weighted by atomic mass is 9.98. The van der Waals surface area contributed by atoms with Crippen molar-refractivity contribution in [2.24, 2.45) is 5.92 Å². The molecule has 2 heterocycles. The number of rotatable bonds is 2. The normalized spacial score (nSPS) is 21.1. The van der Waals surface area contributed by atoms with Crippen molar-refractivity contribution in [1.29, 1.82) is 0 Å². The van der Waals surface area contributed by atoms with E-state index in [4.69, 9.17) is 4.84 Å². The molecule has 1 fully saturated rings. The molecule has 2 aliphatic heterocycles. The van der Waals surface area contributed by atoms with Crippen LogP contribution in [0, 0.1) is 5.92 Å². The monoisotopic (exact) mass is 302 g/mol. The summed E-state index contributed by atoms with van der Waals surface area (Å²) in [5.74, 6) is -3.57. The van der Waals surface area contributed by atoms with Gasteiger partial charge in [-0.05, 0) is 25.0 Å². The van der Waals surface area contributed by atoms with Crippen LogP contribution in [0.3, 0.4) is 0 Å². The number of benzene rings is 1. The summed E-state index contributed by atoms with van der Waals surface area (Å²) in [6.45, 7) is 0.579. The number of piperidine rings is 1. The van der Waals surface area contributed by atoms with Gasteiger partial charge in [-0.25, -0.2) is 4.79 Å². The molecular formula is C15H14N2O5. The van der Waals surface area contributed by atoms with Crippen LogP contribution in [0.15, 0.2) is 24.3 Å². The van der Waals surface area contributed by atoms with E-state index in [1.807, 2.05) is 0 Å². The van der Waals surface area contributed by atoms with Gasteiger partial charge in [-0.15, -0.1) is 0 Å². The second-order valence-electron chi connectivity index (χ2n) is 5.32. The van der Waals surface area contributed by atoms with Gasteiger partial charge in [0.2, 0.25) is 5.91 Å². The van der Waals surface area contributed by atoms with Crippen LogP contribution in [-0.4, -0.2) is 47.2 Å². The zero-order valence-corrected chi connectivity index (χ0v) is 11.9. The molecule has 7 heteroatoms. The van der Waals surface area contributed by atoms with Crippen LogP contribution in [0.2, 0.25) is 0 Å². The quantitative estimate of drug-likeness (QED) is 0.590. The molecule has 22 heavy (non-hydrogen) atoms. The molecule has 0 aliphatic carbocycles. The molecule has 0 aromatic heterocycles. The predicted octanol–water partition coefficient (Wildman–Crippen LogP) is 0.609. The highest BCUT2D eigenvalue weighted by Gasteiger charge is 2.42. The highest BCUT2D eigenvalue weighted by atomic mass is 16.7. The molecule has 0 saturated carbocycles. The van der Waals surface area contributed by atoms with E-state index in [1.165, 1.54) is 17.0 Å². The summed E-state index contributed by atoms with van der Waals surface area (Å²) in [6, 6.07) is 6.22. The zero-order valence-electron chi connectivity index (χ0n) is 11.9. The highest BCUT2D eigenvalue weighted by molar-refractivity contribution is 6.21. The van der Waals surface area contributed by atoms with Crippen LogP contribution >= 0.6 is 0 Å². The Labute approximate surface area is 126 Å². The molecular weight excluding hydrogens is 288 g/mol. The van der Waals surface area contributed by atoms with Crippen molar-refractivity contribution in [3.05, 3.63) is 35.4 Å². The third-order valence-corrected chi connectivity index (χ3v) is 3.88. The summed E-state index contributed by atoms with van der Waals surface area (Å²) < 4.78 is 0. The second kappa shape index (κ2) is 5.25. The van der Waals surface area contributed by atoms with E-state index in [-0.39, 0.29) is 17.0 Å². The second-order valence-corrected chi connectivity index (χ2v) is 5.32. The van der Waals surface area contributed by atoms with Crippen molar-refractivity contribution >= 4 is 23.7 Å². The zero-order chi connectivity index (χ0) is 15.9. The number of carbonyl (C=O) groups is 4. The molecule has 114 valence electrons. The van der Waals surface area contributed by atoms with Crippen LogP contribution in [0.5, 0.6) is 0 Å². The number of carbonyl (C=O) groups excluding carboxylic acids is 4. The third-order valence-electron chi connectivity index (χ3n) is 3.88. The topological polar surface area (TPSA) is 84.0 Å². The number of imide groups is 1. The summed E-state index contributed by atoms with van der Waals surface area (Å²) in [5.41, 5.74) is 0.375. The standard InChI is InChI=1S/C15H14N2O5/c1-16-8-4-7-11(12(16)18)15(21)22-17-13(19)9-5-2-3-6-10(9)14(17)20/h2-3,5-6,11H,4,7-8H2,1H3. The molecule has 7 nitrogen and oxygen atoms in total. The molecule has 1 unspecified atom stereocenters. The molecule has 1 saturated heterocycles. The Balaban J connectivity index is 1.77. The lowest BCUT2D eigenvalue weighted by Gasteiger charge is -2.28. The van der Waals surface area contributed by atoms with Gasteiger partial charge in [0.15, 0.2) is 0 Å². The number of nitrogens with zero attached hydrogens (tertiary/aromatic N) is 2. The van der Waals surface area contributed by atoms with Gasteiger partial charge >= 0.3 is 5.97 Å². The summed E-state index contributed by atoms with van der Waals surface area (Å²) in [4.78, 5) is 54.7. The third kappa shape index (κ3) is 2.14. The highest BCUT2D eigenvalue weighted by Crippen LogP contribution is 2.25. The number of hydrogen-bond donors (Lipinski definition) is 0. The van der Waals surface area contributed by atoms with E-state index in [9.17, 15) is 19.2 Å². The Kier molecular flexibility index (Phi) is 3.40. The Hall–Kier alpha value is -2.70. The fraction of sp³-hybridized carbons (Fsp3) is 0.333. The van der Waals surface area contributed by atoms with Gasteiger partial charge in [-0.1, -0.05) is 17.2 Å². The van der Waals surface area contributed by atoms with Crippen molar-refractivity contribution in [2.45, 2.75) is 12.8 Å². The van der Waals surface area contributed by atoms with Gasteiger partial charge in [0.1, 0.15) is 5.92 Å². The van der Waals surface area contributed by atoms with Gasteiger partial charge in [0, 0.05) is 13.6 Å². The lowest BCUT2D eigenvalue weighted by Crippen LogP contribution is -2.45. The molecule has 3 amide bonds. The Morgan fingerprint density at radius 3 is 2.32 bits per heavy atom. The summed E-state index contributed by atoms with van der Waals surface area (Å²) >= 11 is 0. The average molecular weight is 302 g/mol. The van der Waals surface area contributed by atoms with Gasteiger partial charge in [0.05, 0.1) is 11.1 Å². The molecule has 0 radical (unpaired) electrons. The Bertz CT molecular complexity index is 649. The van der Waals surface area contributed by atoms with E-state index < -0.39 is 23.7 Å². The van der Waals surface area contributed by atoms with Gasteiger partial charge in [-0.2, -0.15) is 0 Å². The number of hydrogen-bond acceptors (Lipinski definition) is 5. The predicted molar refractivity (Wildman–Crippen MR) is 73.4 cm³/mol. The maximum atomic E-state index is 12.1. The van der Waals surface area contributed by atoms with E-state index in [2.05, 4.69) is 0 Å². The minimum atomic E-state index is -0.969. The maximum Gasteiger partial charge on any atom is 0.345 e. The number of fused-ring (bicyclic) bond motifs is 1. The lowest BCUT2D eigenvalue weighted by molar-refractivity contribution is -0.178. The van der Waals surface area contributed by atoms with Crippen molar-refractivity contribution in [1.82, 2.24) is 9.96 Å². The number of amides is 3. The van der Waals surface area contributed by atoms with Crippen LogP contribution < -0.4 is 0 Å². The van der Waals surface area contributed by atoms with Crippen molar-refractivity contribution < 1.29 is 24.0 Å². The minimum absolute atomic E-state index is 0.187. The first kappa shape index (κ1) is 14.2. The first-order chi connectivity index (χ1) is 10.5. The van der Waals surface area contributed by atoms with Crippen molar-refractivity contribution in [3.8, 4) is 0 Å². The first-order valence-electron chi connectivity index (χ1n) is 6.95. The minimum Gasteiger partial charge on any atom is -0.345 e. The van der Waals surface area contributed by atoms with Crippen molar-refractivity contribution in [3.63, 3.8) is 0 Å². The molecule has 3 rings (SSSR count). The number of hydroxylamine groups is 2. The Morgan fingerprint density at radius 1 is 1.14 bits per heavy atom. The van der Waals surface area contributed by atoms with E-state index in [1.54, 1.807) is 19.2 Å². The van der Waals surface area contributed by atoms with Crippen LogP contribution in [0.1, 0.15) is 33.6 Å². The van der Waals surface area contributed by atoms with E-state index in [0.717, 1.165) is 0 Å². The van der Waals surface area contributed by atoms with Crippen molar-refractivity contribution in [2.75, 3.05) is 13.6 Å². The Morgan fingerprint density at radius 2 is 1.73 bits per heavy atom. The van der Waals surface area contributed by atoms with Gasteiger partial charge in [-0.3, -0.25) is 14.4 Å². The maximum absolute atomic E-state index is 12.1. The van der Waals surface area contributed by atoms with Gasteiger partial charge in [0.25, 0.3) is 11.8 Å². The molecule has 0 bridgehead atoms. The summed E-state index contributed by atoms with van der Waals surface area (Å²) in [6.07, 6.45) is 1.02. The molecule has 1 atom stereocenters. The fourth-order valence-electron chi connectivity index (χ4n) is 2.65. The molecule has 1 aromatic rings. The van der Waals surface area contributed by atoms with Crippen LogP contribution in [0.4, 0.5) is 0 Å². The summed E-state index contributed by atoms with van der Waals surface area (Å²) in [5, 5.41) is 0.439. The first-order valence-corrected chi connectivity index (χ1v) is 6.95. The molecule has 2 aliphatic rings. The van der Waals surface area contributed by atoms with Gasteiger partial charge < -0.3 is 9.74 Å². The van der Waals surface area contributed by atoms with E-state index >= 15 is 0 Å². The SMILES string of the molecule is CN1CCCC(C(=O)ON2C(=O)c3ccccc3C2=O)C1=O. The van der Waals surface area contributed by atoms with Crippen LogP contribution in [0.25, 0.3) is 0 Å². The average Bonchev–Trinajstić information content (AvgIpc) is 2.75.